The molecule has 0 aromatic rings. The SMILES string of the molecule is CC1(C)CC(CCN(CCCCCCN(CCC2CC(C)(C)NC(C)(C)C2)C(N)=O)C(N)=O)CC(C)(C)N1. The first-order valence-corrected chi connectivity index (χ1v) is 15.1. The predicted octanol–water partition coefficient (Wildman–Crippen LogP) is 5.20. The molecule has 2 heterocycles. The van der Waals surface area contributed by atoms with E-state index in [2.05, 4.69) is 66.0 Å². The number of nitrogens with one attached hydrogen (secondary N) is 2. The molecule has 222 valence electrons. The molecule has 2 rings (SSSR count). The summed E-state index contributed by atoms with van der Waals surface area (Å²) in [5, 5.41) is 7.46. The van der Waals surface area contributed by atoms with Gasteiger partial charge in [-0.25, -0.2) is 9.59 Å². The van der Waals surface area contributed by atoms with E-state index in [-0.39, 0.29) is 34.2 Å². The molecule has 2 saturated heterocycles. The van der Waals surface area contributed by atoms with E-state index in [0.29, 0.717) is 24.9 Å². The Morgan fingerprint density at radius 3 is 1.13 bits per heavy atom. The minimum absolute atomic E-state index is 0.115. The molecular formula is C30H60N6O2. The lowest BCUT2D eigenvalue weighted by Gasteiger charge is -2.47. The molecule has 0 bridgehead atoms. The average molecular weight is 537 g/mol. The van der Waals surface area contributed by atoms with Crippen LogP contribution < -0.4 is 22.1 Å². The first-order valence-electron chi connectivity index (χ1n) is 15.1. The molecule has 0 saturated carbocycles. The second kappa shape index (κ2) is 13.2. The summed E-state index contributed by atoms with van der Waals surface area (Å²) in [6, 6.07) is -0.636. The molecule has 0 aliphatic carbocycles. The van der Waals surface area contributed by atoms with Gasteiger partial charge in [0.15, 0.2) is 0 Å². The lowest BCUT2D eigenvalue weighted by atomic mass is 9.74. The van der Waals surface area contributed by atoms with E-state index in [1.165, 1.54) is 0 Å². The van der Waals surface area contributed by atoms with E-state index in [4.69, 9.17) is 11.5 Å². The molecule has 0 spiro atoms. The topological polar surface area (TPSA) is 117 Å². The highest BCUT2D eigenvalue weighted by atomic mass is 16.2. The molecule has 0 radical (unpaired) electrons. The van der Waals surface area contributed by atoms with Gasteiger partial charge in [0, 0.05) is 48.3 Å². The Bertz CT molecular complexity index is 683. The number of unbranched alkanes of at least 4 members (excludes halogenated alkanes) is 3. The maximum atomic E-state index is 12.1. The quantitative estimate of drug-likeness (QED) is 0.242. The maximum absolute atomic E-state index is 12.1. The molecule has 2 aliphatic heterocycles. The molecule has 2 aliphatic rings. The van der Waals surface area contributed by atoms with Gasteiger partial charge in [0.25, 0.3) is 0 Å². The van der Waals surface area contributed by atoms with Crippen LogP contribution in [0.15, 0.2) is 0 Å². The van der Waals surface area contributed by atoms with Crippen LogP contribution in [0.2, 0.25) is 0 Å². The van der Waals surface area contributed by atoms with Gasteiger partial charge in [-0.15, -0.1) is 0 Å². The van der Waals surface area contributed by atoms with Gasteiger partial charge in [0.2, 0.25) is 0 Å². The third kappa shape index (κ3) is 11.7. The van der Waals surface area contributed by atoms with Gasteiger partial charge < -0.3 is 31.9 Å². The standard InChI is InChI=1S/C30H60N6O2/c1-27(2)19-23(20-28(3,4)33-27)13-17-35(25(31)37)15-11-9-10-12-16-36(26(32)38)18-14-24-21-29(5,6)34-30(7,8)22-24/h23-24,33-34H,9-22H2,1-8H3,(H2,31,37)(H2,32,38). The van der Waals surface area contributed by atoms with Crippen LogP contribution in [0.25, 0.3) is 0 Å². The highest BCUT2D eigenvalue weighted by molar-refractivity contribution is 5.72. The molecule has 0 aromatic carbocycles. The highest BCUT2D eigenvalue weighted by Gasteiger charge is 2.38. The molecule has 6 N–H and O–H groups in total. The Hall–Kier alpha value is -1.54. The van der Waals surface area contributed by atoms with E-state index >= 15 is 0 Å². The Labute approximate surface area is 233 Å². The highest BCUT2D eigenvalue weighted by Crippen LogP contribution is 2.35. The second-order valence-corrected chi connectivity index (χ2v) is 15.0. The third-order valence-corrected chi connectivity index (χ3v) is 8.39. The van der Waals surface area contributed by atoms with Crippen molar-refractivity contribution in [1.29, 1.82) is 0 Å². The van der Waals surface area contributed by atoms with Crippen LogP contribution in [0.3, 0.4) is 0 Å². The van der Waals surface area contributed by atoms with Gasteiger partial charge in [-0.3, -0.25) is 0 Å². The third-order valence-electron chi connectivity index (χ3n) is 8.39. The Morgan fingerprint density at radius 1 is 0.579 bits per heavy atom. The van der Waals surface area contributed by atoms with Gasteiger partial charge in [-0.05, 0) is 119 Å². The number of hydrogen-bond acceptors (Lipinski definition) is 4. The van der Waals surface area contributed by atoms with Crippen molar-refractivity contribution in [2.45, 2.75) is 142 Å². The first-order chi connectivity index (χ1) is 17.4. The number of nitrogens with zero attached hydrogens (tertiary/aromatic N) is 2. The summed E-state index contributed by atoms with van der Waals surface area (Å²) < 4.78 is 0. The van der Waals surface area contributed by atoms with Crippen molar-refractivity contribution in [3.8, 4) is 0 Å². The molecule has 0 atom stereocenters. The summed E-state index contributed by atoms with van der Waals surface area (Å²) in [6.45, 7) is 21.0. The molecule has 2 fully saturated rings. The smallest absolute Gasteiger partial charge is 0.314 e. The number of primary amides is 2. The number of carbonyl (C=O) groups excluding carboxylic acids is 2. The summed E-state index contributed by atoms with van der Waals surface area (Å²) in [4.78, 5) is 27.8. The van der Waals surface area contributed by atoms with Gasteiger partial charge in [-0.1, -0.05) is 12.8 Å². The Balaban J connectivity index is 1.68. The summed E-state index contributed by atoms with van der Waals surface area (Å²) in [5.41, 5.74) is 11.9. The van der Waals surface area contributed by atoms with Crippen molar-refractivity contribution in [2.24, 2.45) is 23.3 Å². The van der Waals surface area contributed by atoms with E-state index in [1.54, 1.807) is 0 Å². The fourth-order valence-electron chi connectivity index (χ4n) is 7.78. The van der Waals surface area contributed by atoms with Crippen molar-refractivity contribution in [3.05, 3.63) is 0 Å². The summed E-state index contributed by atoms with van der Waals surface area (Å²) >= 11 is 0. The number of nitrogens with two attached hydrogens (primary N) is 2. The number of carbonyl (C=O) groups is 2. The van der Waals surface area contributed by atoms with Crippen LogP contribution in [-0.4, -0.2) is 70.2 Å². The van der Waals surface area contributed by atoms with Crippen LogP contribution in [0.4, 0.5) is 9.59 Å². The fraction of sp³-hybridized carbons (Fsp3) is 0.933. The lowest BCUT2D eigenvalue weighted by Crippen LogP contribution is -2.58. The summed E-state index contributed by atoms with van der Waals surface area (Å²) in [7, 11) is 0. The maximum Gasteiger partial charge on any atom is 0.314 e. The van der Waals surface area contributed by atoms with Crippen molar-refractivity contribution >= 4 is 12.1 Å². The van der Waals surface area contributed by atoms with Gasteiger partial charge in [0.1, 0.15) is 0 Å². The Morgan fingerprint density at radius 2 is 0.868 bits per heavy atom. The van der Waals surface area contributed by atoms with Crippen molar-refractivity contribution in [1.82, 2.24) is 20.4 Å². The van der Waals surface area contributed by atoms with E-state index in [0.717, 1.165) is 77.3 Å². The minimum Gasteiger partial charge on any atom is -0.351 e. The summed E-state index contributed by atoms with van der Waals surface area (Å²) in [5.74, 6) is 1.18. The zero-order chi connectivity index (χ0) is 28.8. The molecule has 8 heteroatoms. The van der Waals surface area contributed by atoms with Crippen LogP contribution >= 0.6 is 0 Å². The van der Waals surface area contributed by atoms with E-state index in [1.807, 2.05) is 9.80 Å². The van der Waals surface area contributed by atoms with Crippen LogP contribution in [0.1, 0.15) is 120 Å². The average Bonchev–Trinajstić information content (AvgIpc) is 2.69. The zero-order valence-electron chi connectivity index (χ0n) is 25.9. The molecular weight excluding hydrogens is 476 g/mol. The van der Waals surface area contributed by atoms with Crippen LogP contribution in [0.5, 0.6) is 0 Å². The normalized spacial score (nSPS) is 22.6. The molecule has 0 unspecified atom stereocenters. The number of rotatable bonds is 13. The second-order valence-electron chi connectivity index (χ2n) is 15.0. The monoisotopic (exact) mass is 536 g/mol. The first kappa shape index (κ1) is 32.7. The molecule has 38 heavy (non-hydrogen) atoms. The fourth-order valence-corrected chi connectivity index (χ4v) is 7.78. The van der Waals surface area contributed by atoms with Gasteiger partial charge >= 0.3 is 12.1 Å². The number of amides is 4. The van der Waals surface area contributed by atoms with Gasteiger partial charge in [-0.2, -0.15) is 0 Å². The number of hydrogen-bond donors (Lipinski definition) is 4. The minimum atomic E-state index is -0.318. The zero-order valence-corrected chi connectivity index (χ0v) is 25.9. The predicted molar refractivity (Wildman–Crippen MR) is 158 cm³/mol. The largest absolute Gasteiger partial charge is 0.351 e. The van der Waals surface area contributed by atoms with Gasteiger partial charge in [0.05, 0.1) is 0 Å². The van der Waals surface area contributed by atoms with E-state index < -0.39 is 0 Å². The lowest BCUT2D eigenvalue weighted by molar-refractivity contribution is 0.115. The molecule has 4 amide bonds. The van der Waals surface area contributed by atoms with Crippen molar-refractivity contribution < 1.29 is 9.59 Å². The Kier molecular flexibility index (Phi) is 11.4. The number of piperidine rings is 2. The number of urea groups is 2. The van der Waals surface area contributed by atoms with Crippen LogP contribution in [0, 0.1) is 11.8 Å². The molecule has 8 nitrogen and oxygen atoms in total. The van der Waals surface area contributed by atoms with E-state index in [9.17, 15) is 9.59 Å². The van der Waals surface area contributed by atoms with Crippen molar-refractivity contribution in [3.63, 3.8) is 0 Å². The van der Waals surface area contributed by atoms with Crippen molar-refractivity contribution in [2.75, 3.05) is 26.2 Å². The summed E-state index contributed by atoms with van der Waals surface area (Å²) in [6.07, 6.45) is 10.4. The van der Waals surface area contributed by atoms with Crippen LogP contribution in [-0.2, 0) is 0 Å². The molecule has 0 aromatic heterocycles.